The third-order valence-electron chi connectivity index (χ3n) is 5.95. The van der Waals surface area contributed by atoms with Crippen LogP contribution in [0.1, 0.15) is 37.0 Å². The lowest BCUT2D eigenvalue weighted by atomic mass is 10.0. The zero-order chi connectivity index (χ0) is 25.9. The van der Waals surface area contributed by atoms with E-state index >= 15 is 0 Å². The number of rotatable bonds is 12. The first-order valence-electron chi connectivity index (χ1n) is 12.1. The number of nitrogens with one attached hydrogen (secondary N) is 1. The first-order chi connectivity index (χ1) is 17.4. The third kappa shape index (κ3) is 8.99. The van der Waals surface area contributed by atoms with E-state index in [0.717, 1.165) is 27.6 Å². The fourth-order valence-corrected chi connectivity index (χ4v) is 4.96. The maximum Gasteiger partial charge on any atom is 0.243 e. The Kier molecular flexibility index (Phi) is 11.4. The van der Waals surface area contributed by atoms with Gasteiger partial charge in [-0.15, -0.1) is 11.8 Å². The molecule has 36 heavy (non-hydrogen) atoms. The topological polar surface area (TPSA) is 49.4 Å². The average Bonchev–Trinajstić information content (AvgIpc) is 2.88. The summed E-state index contributed by atoms with van der Waals surface area (Å²) in [6, 6.07) is 24.8. The van der Waals surface area contributed by atoms with Crippen molar-refractivity contribution in [2.75, 3.05) is 5.75 Å². The largest absolute Gasteiger partial charge is 0.352 e. The Bertz CT molecular complexity index is 1110. The standard InChI is InChI=1S/C29H32BrClN2O2S/c1-3-21(2)32-29(35)27(17-22-7-5-4-6-8-22)33(18-23-9-13-25(30)14-10-23)28(34)20-36-19-24-11-15-26(31)16-12-24/h4-16,21,27H,3,17-20H2,1-2H3,(H,32,35)/t21-,27-/m1/s1. The van der Waals surface area contributed by atoms with Gasteiger partial charge >= 0.3 is 0 Å². The van der Waals surface area contributed by atoms with Gasteiger partial charge in [0.25, 0.3) is 0 Å². The molecule has 190 valence electrons. The second-order valence-electron chi connectivity index (χ2n) is 8.79. The van der Waals surface area contributed by atoms with Crippen LogP contribution in [0, 0.1) is 0 Å². The predicted octanol–water partition coefficient (Wildman–Crippen LogP) is 6.89. The molecule has 4 nitrogen and oxygen atoms in total. The minimum atomic E-state index is -0.617. The van der Waals surface area contributed by atoms with Gasteiger partial charge in [-0.05, 0) is 54.3 Å². The molecule has 0 spiro atoms. The summed E-state index contributed by atoms with van der Waals surface area (Å²) in [6.45, 7) is 4.38. The van der Waals surface area contributed by atoms with E-state index in [4.69, 9.17) is 11.6 Å². The van der Waals surface area contributed by atoms with Crippen LogP contribution in [0.15, 0.2) is 83.3 Å². The first kappa shape index (κ1) is 28.3. The molecule has 0 aliphatic carbocycles. The molecule has 0 aromatic heterocycles. The Morgan fingerprint density at radius 2 is 1.58 bits per heavy atom. The van der Waals surface area contributed by atoms with Crippen molar-refractivity contribution in [3.8, 4) is 0 Å². The molecule has 7 heteroatoms. The van der Waals surface area contributed by atoms with Gasteiger partial charge in [-0.25, -0.2) is 0 Å². The maximum atomic E-state index is 13.6. The van der Waals surface area contributed by atoms with E-state index in [9.17, 15) is 9.59 Å². The highest BCUT2D eigenvalue weighted by molar-refractivity contribution is 9.10. The lowest BCUT2D eigenvalue weighted by Crippen LogP contribution is -2.52. The number of thioether (sulfide) groups is 1. The second kappa shape index (κ2) is 14.5. The Morgan fingerprint density at radius 1 is 0.944 bits per heavy atom. The summed E-state index contributed by atoms with van der Waals surface area (Å²) in [5.41, 5.74) is 3.10. The van der Waals surface area contributed by atoms with E-state index in [0.29, 0.717) is 23.7 Å². The second-order valence-corrected chi connectivity index (χ2v) is 11.1. The zero-order valence-corrected chi connectivity index (χ0v) is 23.8. The van der Waals surface area contributed by atoms with Gasteiger partial charge in [0.05, 0.1) is 5.75 Å². The van der Waals surface area contributed by atoms with Gasteiger partial charge in [0.15, 0.2) is 0 Å². The average molecular weight is 588 g/mol. The number of halogens is 2. The quantitative estimate of drug-likeness (QED) is 0.251. The third-order valence-corrected chi connectivity index (χ3v) is 7.71. The minimum absolute atomic E-state index is 0.0275. The Hall–Kier alpha value is -2.28. The molecule has 2 atom stereocenters. The summed E-state index contributed by atoms with van der Waals surface area (Å²) in [5.74, 6) is 0.789. The Balaban J connectivity index is 1.84. The van der Waals surface area contributed by atoms with Gasteiger partial charge in [-0.1, -0.05) is 89.1 Å². The fraction of sp³-hybridized carbons (Fsp3) is 0.310. The van der Waals surface area contributed by atoms with Gasteiger partial charge in [0.2, 0.25) is 11.8 Å². The van der Waals surface area contributed by atoms with Crippen LogP contribution in [-0.2, 0) is 28.3 Å². The molecular formula is C29H32BrClN2O2S. The zero-order valence-electron chi connectivity index (χ0n) is 20.6. The van der Waals surface area contributed by atoms with Crippen molar-refractivity contribution < 1.29 is 9.59 Å². The molecule has 0 bridgehead atoms. The lowest BCUT2D eigenvalue weighted by Gasteiger charge is -2.32. The van der Waals surface area contributed by atoms with Gasteiger partial charge in [-0.3, -0.25) is 9.59 Å². The van der Waals surface area contributed by atoms with Crippen molar-refractivity contribution in [3.05, 3.63) is 105 Å². The molecule has 3 aromatic rings. The molecule has 2 amide bonds. The van der Waals surface area contributed by atoms with Crippen LogP contribution in [0.25, 0.3) is 0 Å². The van der Waals surface area contributed by atoms with Crippen molar-refractivity contribution in [3.63, 3.8) is 0 Å². The predicted molar refractivity (Wildman–Crippen MR) is 154 cm³/mol. The summed E-state index contributed by atoms with van der Waals surface area (Å²) in [5, 5.41) is 3.80. The summed E-state index contributed by atoms with van der Waals surface area (Å²) >= 11 is 11.0. The smallest absolute Gasteiger partial charge is 0.243 e. The lowest BCUT2D eigenvalue weighted by molar-refractivity contribution is -0.139. The van der Waals surface area contributed by atoms with Crippen molar-refractivity contribution in [1.29, 1.82) is 0 Å². The van der Waals surface area contributed by atoms with Gasteiger partial charge in [0, 0.05) is 34.3 Å². The number of hydrogen-bond donors (Lipinski definition) is 1. The number of benzene rings is 3. The highest BCUT2D eigenvalue weighted by Gasteiger charge is 2.30. The number of carbonyl (C=O) groups excluding carboxylic acids is 2. The Morgan fingerprint density at radius 3 is 2.22 bits per heavy atom. The number of nitrogens with zero attached hydrogens (tertiary/aromatic N) is 1. The number of carbonyl (C=O) groups is 2. The monoisotopic (exact) mass is 586 g/mol. The maximum absolute atomic E-state index is 13.6. The highest BCUT2D eigenvalue weighted by atomic mass is 79.9. The van der Waals surface area contributed by atoms with Gasteiger partial charge in [-0.2, -0.15) is 0 Å². The summed E-state index contributed by atoms with van der Waals surface area (Å²) in [4.78, 5) is 28.9. The normalized spacial score (nSPS) is 12.6. The highest BCUT2D eigenvalue weighted by Crippen LogP contribution is 2.20. The molecule has 0 unspecified atom stereocenters. The Labute approximate surface area is 231 Å². The van der Waals surface area contributed by atoms with Crippen molar-refractivity contribution in [2.45, 2.75) is 51.1 Å². The summed E-state index contributed by atoms with van der Waals surface area (Å²) in [6.07, 6.45) is 1.27. The first-order valence-corrected chi connectivity index (χ1v) is 14.4. The van der Waals surface area contributed by atoms with E-state index in [1.165, 1.54) is 0 Å². The molecular weight excluding hydrogens is 556 g/mol. The van der Waals surface area contributed by atoms with E-state index in [1.54, 1.807) is 16.7 Å². The van der Waals surface area contributed by atoms with E-state index in [-0.39, 0.29) is 23.6 Å². The minimum Gasteiger partial charge on any atom is -0.352 e. The van der Waals surface area contributed by atoms with Crippen molar-refractivity contribution in [1.82, 2.24) is 10.2 Å². The van der Waals surface area contributed by atoms with Crippen molar-refractivity contribution >= 4 is 51.1 Å². The number of hydrogen-bond acceptors (Lipinski definition) is 3. The van der Waals surface area contributed by atoms with E-state index < -0.39 is 6.04 Å². The molecule has 0 aliphatic rings. The summed E-state index contributed by atoms with van der Waals surface area (Å²) < 4.78 is 0.970. The van der Waals surface area contributed by atoms with Crippen LogP contribution in [0.4, 0.5) is 0 Å². The van der Waals surface area contributed by atoms with Crippen LogP contribution >= 0.6 is 39.3 Å². The van der Waals surface area contributed by atoms with E-state index in [2.05, 4.69) is 21.2 Å². The molecule has 0 heterocycles. The van der Waals surface area contributed by atoms with Crippen LogP contribution in [0.2, 0.25) is 5.02 Å². The molecule has 0 aliphatic heterocycles. The molecule has 3 rings (SSSR count). The van der Waals surface area contributed by atoms with Crippen LogP contribution in [0.5, 0.6) is 0 Å². The van der Waals surface area contributed by atoms with Crippen LogP contribution in [-0.4, -0.2) is 34.6 Å². The number of amides is 2. The van der Waals surface area contributed by atoms with Gasteiger partial charge in [0.1, 0.15) is 6.04 Å². The summed E-state index contributed by atoms with van der Waals surface area (Å²) in [7, 11) is 0. The van der Waals surface area contributed by atoms with Crippen LogP contribution in [0.3, 0.4) is 0 Å². The molecule has 0 radical (unpaired) electrons. The van der Waals surface area contributed by atoms with Gasteiger partial charge < -0.3 is 10.2 Å². The molecule has 0 saturated carbocycles. The molecule has 0 fully saturated rings. The van der Waals surface area contributed by atoms with Crippen molar-refractivity contribution in [2.24, 2.45) is 0 Å². The molecule has 1 N–H and O–H groups in total. The van der Waals surface area contributed by atoms with E-state index in [1.807, 2.05) is 92.7 Å². The van der Waals surface area contributed by atoms with Crippen LogP contribution < -0.4 is 5.32 Å². The molecule has 0 saturated heterocycles. The SMILES string of the molecule is CC[C@@H](C)NC(=O)[C@@H](Cc1ccccc1)N(Cc1ccc(Br)cc1)C(=O)CSCc1ccc(Cl)cc1. The molecule has 3 aromatic carbocycles. The fourth-order valence-electron chi connectivity index (χ4n) is 3.70.